The Morgan fingerprint density at radius 3 is 2.64 bits per heavy atom. The van der Waals surface area contributed by atoms with E-state index in [1.54, 1.807) is 0 Å². The first-order chi connectivity index (χ1) is 10.8. The Labute approximate surface area is 134 Å². The summed E-state index contributed by atoms with van der Waals surface area (Å²) in [6.45, 7) is 1.94. The molecule has 1 aliphatic rings. The minimum Gasteiger partial charge on any atom is -0.353 e. The van der Waals surface area contributed by atoms with Crippen LogP contribution in [0.15, 0.2) is 33.4 Å². The molecule has 0 unspecified atom stereocenters. The van der Waals surface area contributed by atoms with Crippen LogP contribution in [-0.2, 0) is 0 Å². The van der Waals surface area contributed by atoms with Crippen LogP contribution in [0.2, 0.25) is 0 Å². The van der Waals surface area contributed by atoms with Gasteiger partial charge in [0.25, 0.3) is 0 Å². The van der Waals surface area contributed by atoms with Crippen molar-refractivity contribution in [3.63, 3.8) is 0 Å². The highest BCUT2D eigenvalue weighted by Gasteiger charge is 2.21. The Hall–Kier alpha value is -2.22. The lowest BCUT2D eigenvalue weighted by Gasteiger charge is -2.19. The zero-order valence-electron chi connectivity index (χ0n) is 11.7. The standard InChI is InChI=1S/C14H13BrN6O/c15-9-4-3-5-10(8-9)16-13-14(21-6-1-2-7-21)18-12-11(17-13)19-22-20-12/h3-5,8H,1-2,6-7H2,(H,16,17,19). The molecule has 22 heavy (non-hydrogen) atoms. The summed E-state index contributed by atoms with van der Waals surface area (Å²) in [5, 5.41) is 10.9. The first-order valence-corrected chi connectivity index (χ1v) is 7.87. The van der Waals surface area contributed by atoms with Crippen LogP contribution in [0.5, 0.6) is 0 Å². The van der Waals surface area contributed by atoms with E-state index >= 15 is 0 Å². The predicted octanol–water partition coefficient (Wildman–Crippen LogP) is 3.12. The van der Waals surface area contributed by atoms with Gasteiger partial charge in [-0.05, 0) is 41.4 Å². The number of hydrogen-bond donors (Lipinski definition) is 1. The number of nitrogens with zero attached hydrogens (tertiary/aromatic N) is 5. The van der Waals surface area contributed by atoms with Gasteiger partial charge in [0.15, 0.2) is 11.6 Å². The van der Waals surface area contributed by atoms with Crippen molar-refractivity contribution in [3.8, 4) is 0 Å². The number of halogens is 1. The fraction of sp³-hybridized carbons (Fsp3) is 0.286. The largest absolute Gasteiger partial charge is 0.353 e. The average Bonchev–Trinajstić information content (AvgIpc) is 3.17. The molecule has 0 aliphatic carbocycles. The lowest BCUT2D eigenvalue weighted by atomic mass is 10.3. The van der Waals surface area contributed by atoms with Gasteiger partial charge in [0.05, 0.1) is 0 Å². The zero-order valence-corrected chi connectivity index (χ0v) is 13.2. The number of nitrogens with one attached hydrogen (secondary N) is 1. The second kappa shape index (κ2) is 5.53. The van der Waals surface area contributed by atoms with Gasteiger partial charge >= 0.3 is 0 Å². The summed E-state index contributed by atoms with van der Waals surface area (Å²) in [5.41, 5.74) is 1.77. The Morgan fingerprint density at radius 2 is 1.86 bits per heavy atom. The van der Waals surface area contributed by atoms with Crippen molar-refractivity contribution < 1.29 is 4.63 Å². The topological polar surface area (TPSA) is 80.0 Å². The molecule has 112 valence electrons. The molecule has 1 aromatic carbocycles. The number of fused-ring (bicyclic) bond motifs is 1. The molecule has 0 saturated carbocycles. The van der Waals surface area contributed by atoms with E-state index < -0.39 is 0 Å². The number of rotatable bonds is 3. The van der Waals surface area contributed by atoms with Gasteiger partial charge in [-0.25, -0.2) is 14.6 Å². The average molecular weight is 361 g/mol. The van der Waals surface area contributed by atoms with Crippen molar-refractivity contribution in [2.45, 2.75) is 12.8 Å². The molecule has 1 aliphatic heterocycles. The highest BCUT2D eigenvalue weighted by Crippen LogP contribution is 2.29. The van der Waals surface area contributed by atoms with Gasteiger partial charge in [0, 0.05) is 23.2 Å². The number of hydrogen-bond acceptors (Lipinski definition) is 7. The summed E-state index contributed by atoms with van der Waals surface area (Å²) in [6.07, 6.45) is 2.32. The molecule has 4 rings (SSSR count). The maximum absolute atomic E-state index is 4.73. The molecule has 3 heterocycles. The fourth-order valence-electron chi connectivity index (χ4n) is 2.57. The summed E-state index contributed by atoms with van der Waals surface area (Å²) < 4.78 is 5.73. The second-order valence-electron chi connectivity index (χ2n) is 5.14. The molecule has 8 heteroatoms. The van der Waals surface area contributed by atoms with Crippen LogP contribution in [0.3, 0.4) is 0 Å². The van der Waals surface area contributed by atoms with Crippen LogP contribution in [0, 0.1) is 0 Å². The molecule has 3 aromatic rings. The Morgan fingerprint density at radius 1 is 1.09 bits per heavy atom. The quantitative estimate of drug-likeness (QED) is 0.768. The SMILES string of the molecule is Brc1cccc(Nc2nc3nonc3nc2N2CCCC2)c1. The number of anilines is 3. The Kier molecular flexibility index (Phi) is 3.38. The summed E-state index contributed by atoms with van der Waals surface area (Å²) in [4.78, 5) is 11.3. The van der Waals surface area contributed by atoms with Gasteiger partial charge in [-0.15, -0.1) is 0 Å². The van der Waals surface area contributed by atoms with Gasteiger partial charge in [-0.2, -0.15) is 0 Å². The number of benzene rings is 1. The van der Waals surface area contributed by atoms with Crippen molar-refractivity contribution in [1.29, 1.82) is 0 Å². The van der Waals surface area contributed by atoms with Gasteiger partial charge in [0.2, 0.25) is 11.3 Å². The fourth-order valence-corrected chi connectivity index (χ4v) is 2.96. The van der Waals surface area contributed by atoms with Crippen molar-refractivity contribution in [1.82, 2.24) is 20.3 Å². The molecule has 0 amide bonds. The third-order valence-corrected chi connectivity index (χ3v) is 4.08. The summed E-state index contributed by atoms with van der Waals surface area (Å²) in [5.74, 6) is 1.46. The summed E-state index contributed by atoms with van der Waals surface area (Å²) in [6, 6.07) is 7.90. The molecule has 7 nitrogen and oxygen atoms in total. The van der Waals surface area contributed by atoms with E-state index in [0.29, 0.717) is 17.1 Å². The lowest BCUT2D eigenvalue weighted by Crippen LogP contribution is -2.21. The molecule has 2 aromatic heterocycles. The molecule has 0 bridgehead atoms. The zero-order chi connectivity index (χ0) is 14.9. The van der Waals surface area contributed by atoms with Gasteiger partial charge in [-0.3, -0.25) is 0 Å². The van der Waals surface area contributed by atoms with Gasteiger partial charge < -0.3 is 10.2 Å². The lowest BCUT2D eigenvalue weighted by molar-refractivity contribution is 0.314. The minimum atomic E-state index is 0.403. The van der Waals surface area contributed by atoms with E-state index in [0.717, 1.165) is 41.9 Å². The third-order valence-electron chi connectivity index (χ3n) is 3.59. The van der Waals surface area contributed by atoms with Gasteiger partial charge in [-0.1, -0.05) is 22.0 Å². The van der Waals surface area contributed by atoms with Crippen LogP contribution in [0.1, 0.15) is 12.8 Å². The van der Waals surface area contributed by atoms with Crippen molar-refractivity contribution in [2.75, 3.05) is 23.3 Å². The predicted molar refractivity (Wildman–Crippen MR) is 86.3 cm³/mol. The highest BCUT2D eigenvalue weighted by atomic mass is 79.9. The van der Waals surface area contributed by atoms with Crippen molar-refractivity contribution >= 4 is 44.5 Å². The molecule has 0 spiro atoms. The van der Waals surface area contributed by atoms with Crippen LogP contribution in [-0.4, -0.2) is 33.4 Å². The maximum atomic E-state index is 4.73. The first-order valence-electron chi connectivity index (χ1n) is 7.07. The van der Waals surface area contributed by atoms with E-state index in [-0.39, 0.29) is 0 Å². The molecule has 0 atom stereocenters. The maximum Gasteiger partial charge on any atom is 0.245 e. The minimum absolute atomic E-state index is 0.403. The summed E-state index contributed by atoms with van der Waals surface area (Å²) >= 11 is 3.47. The molecular weight excluding hydrogens is 348 g/mol. The summed E-state index contributed by atoms with van der Waals surface area (Å²) in [7, 11) is 0. The normalized spacial score (nSPS) is 14.7. The highest BCUT2D eigenvalue weighted by molar-refractivity contribution is 9.10. The monoisotopic (exact) mass is 360 g/mol. The molecule has 1 saturated heterocycles. The van der Waals surface area contributed by atoms with E-state index in [9.17, 15) is 0 Å². The van der Waals surface area contributed by atoms with Crippen LogP contribution >= 0.6 is 15.9 Å². The third kappa shape index (κ3) is 2.50. The van der Waals surface area contributed by atoms with E-state index in [1.807, 2.05) is 24.3 Å². The molecule has 1 N–H and O–H groups in total. The van der Waals surface area contributed by atoms with Crippen LogP contribution in [0.4, 0.5) is 17.3 Å². The second-order valence-corrected chi connectivity index (χ2v) is 6.05. The van der Waals surface area contributed by atoms with Gasteiger partial charge in [0.1, 0.15) is 0 Å². The Balaban J connectivity index is 1.78. The van der Waals surface area contributed by atoms with E-state index in [1.165, 1.54) is 0 Å². The Bertz CT molecular complexity index is 814. The van der Waals surface area contributed by atoms with Crippen LogP contribution < -0.4 is 10.2 Å². The first kappa shape index (κ1) is 13.4. The van der Waals surface area contributed by atoms with Crippen LogP contribution in [0.25, 0.3) is 11.3 Å². The molecule has 1 fully saturated rings. The smallest absolute Gasteiger partial charge is 0.245 e. The van der Waals surface area contributed by atoms with E-state index in [4.69, 9.17) is 4.63 Å². The van der Waals surface area contributed by atoms with Crippen molar-refractivity contribution in [3.05, 3.63) is 28.7 Å². The van der Waals surface area contributed by atoms with Crippen molar-refractivity contribution in [2.24, 2.45) is 0 Å². The molecular formula is C14H13BrN6O. The number of aromatic nitrogens is 4. The molecule has 0 radical (unpaired) electrons. The van der Waals surface area contributed by atoms with E-state index in [2.05, 4.69) is 46.4 Å².